The largest absolute Gasteiger partial charge is 0.497 e. The average Bonchev–Trinajstić information content (AvgIpc) is 2.79. The van der Waals surface area contributed by atoms with Crippen molar-refractivity contribution in [2.75, 3.05) is 20.2 Å². The van der Waals surface area contributed by atoms with E-state index in [1.807, 2.05) is 24.5 Å². The van der Waals surface area contributed by atoms with E-state index < -0.39 is 0 Å². The van der Waals surface area contributed by atoms with E-state index in [-0.39, 0.29) is 0 Å². The molecule has 1 aliphatic rings. The van der Waals surface area contributed by atoms with E-state index >= 15 is 0 Å². The smallest absolute Gasteiger partial charge is 0.119 e. The third-order valence-corrected chi connectivity index (χ3v) is 5.58. The first-order chi connectivity index (χ1) is 13.7. The second-order valence-corrected chi connectivity index (χ2v) is 7.26. The second-order valence-electron chi connectivity index (χ2n) is 7.26. The van der Waals surface area contributed by atoms with Crippen LogP contribution in [0.25, 0.3) is 16.7 Å². The van der Waals surface area contributed by atoms with Gasteiger partial charge in [-0.2, -0.15) is 0 Å². The summed E-state index contributed by atoms with van der Waals surface area (Å²) in [5.74, 6) is 0.866. The lowest BCUT2D eigenvalue weighted by Crippen LogP contribution is -2.31. The Morgan fingerprint density at radius 3 is 2.50 bits per heavy atom. The highest BCUT2D eigenvalue weighted by Gasteiger charge is 2.20. The van der Waals surface area contributed by atoms with Crippen molar-refractivity contribution in [3.8, 4) is 16.9 Å². The Kier molecular flexibility index (Phi) is 5.54. The molecule has 0 N–H and O–H groups in total. The molecule has 2 aromatic carbocycles. The molecule has 3 heteroatoms. The van der Waals surface area contributed by atoms with Gasteiger partial charge in [-0.25, -0.2) is 0 Å². The fraction of sp³-hybridized carbons (Fsp3) is 0.240. The molecule has 142 valence electrons. The Bertz CT molecular complexity index is 965. The number of ether oxygens (including phenoxy) is 1. The summed E-state index contributed by atoms with van der Waals surface area (Å²) in [7, 11) is 1.70. The number of methoxy groups -OCH3 is 1. The molecule has 3 aromatic rings. The molecule has 1 aromatic heterocycles. The zero-order valence-corrected chi connectivity index (χ0v) is 16.5. The highest BCUT2D eigenvalue weighted by atomic mass is 16.5. The quantitative estimate of drug-likeness (QED) is 0.584. The maximum absolute atomic E-state index is 5.36. The van der Waals surface area contributed by atoms with E-state index in [1.165, 1.54) is 16.7 Å². The van der Waals surface area contributed by atoms with E-state index in [0.717, 1.165) is 36.4 Å². The highest BCUT2D eigenvalue weighted by molar-refractivity contribution is 5.67. The molecule has 1 aliphatic heterocycles. The number of rotatable bonds is 5. The van der Waals surface area contributed by atoms with Crippen LogP contribution in [0.5, 0.6) is 5.75 Å². The van der Waals surface area contributed by atoms with Gasteiger partial charge in [-0.3, -0.25) is 9.88 Å². The van der Waals surface area contributed by atoms with Crippen LogP contribution in [0.15, 0.2) is 79.1 Å². The molecule has 0 saturated heterocycles. The van der Waals surface area contributed by atoms with Crippen molar-refractivity contribution in [1.82, 2.24) is 9.88 Å². The van der Waals surface area contributed by atoms with Gasteiger partial charge in [0.25, 0.3) is 0 Å². The predicted octanol–water partition coefficient (Wildman–Crippen LogP) is 5.61. The standard InChI is InChI=1S/C25H26N2O/c1-19(27-13-11-21(12-14-27)20-7-4-3-5-8-20)23-15-24(18-26-17-23)22-9-6-10-25(16-22)28-2/h3-11,15-19H,12-14H2,1-2H3. The van der Waals surface area contributed by atoms with Gasteiger partial charge in [0.05, 0.1) is 7.11 Å². The first-order valence-corrected chi connectivity index (χ1v) is 9.82. The summed E-state index contributed by atoms with van der Waals surface area (Å²) in [5, 5.41) is 0. The lowest BCUT2D eigenvalue weighted by molar-refractivity contribution is 0.233. The summed E-state index contributed by atoms with van der Waals surface area (Å²) < 4.78 is 5.36. The molecule has 1 atom stereocenters. The maximum Gasteiger partial charge on any atom is 0.119 e. The average molecular weight is 370 g/mol. The van der Waals surface area contributed by atoms with Gasteiger partial charge in [-0.05, 0) is 53.8 Å². The van der Waals surface area contributed by atoms with Crippen molar-refractivity contribution < 1.29 is 4.74 Å². The van der Waals surface area contributed by atoms with Crippen molar-refractivity contribution in [1.29, 1.82) is 0 Å². The third-order valence-electron chi connectivity index (χ3n) is 5.58. The van der Waals surface area contributed by atoms with E-state index in [1.54, 1.807) is 7.11 Å². The van der Waals surface area contributed by atoms with Gasteiger partial charge in [-0.15, -0.1) is 0 Å². The molecule has 1 unspecified atom stereocenters. The summed E-state index contributed by atoms with van der Waals surface area (Å²) in [6, 6.07) is 21.4. The summed E-state index contributed by atoms with van der Waals surface area (Å²) in [6.45, 7) is 4.30. The molecule has 28 heavy (non-hydrogen) atoms. The minimum Gasteiger partial charge on any atom is -0.497 e. The lowest BCUT2D eigenvalue weighted by Gasteiger charge is -2.32. The van der Waals surface area contributed by atoms with Gasteiger partial charge in [0.1, 0.15) is 5.75 Å². The van der Waals surface area contributed by atoms with Crippen LogP contribution in [-0.4, -0.2) is 30.1 Å². The molecule has 0 spiro atoms. The second kappa shape index (κ2) is 8.41. The van der Waals surface area contributed by atoms with Crippen LogP contribution < -0.4 is 4.74 Å². The number of pyridine rings is 1. The van der Waals surface area contributed by atoms with E-state index in [0.29, 0.717) is 6.04 Å². The van der Waals surface area contributed by atoms with E-state index in [2.05, 4.69) is 71.4 Å². The normalized spacial score (nSPS) is 15.7. The van der Waals surface area contributed by atoms with Crippen LogP contribution in [0.4, 0.5) is 0 Å². The third kappa shape index (κ3) is 4.00. The number of aromatic nitrogens is 1. The topological polar surface area (TPSA) is 25.4 Å². The number of hydrogen-bond donors (Lipinski definition) is 0. The van der Waals surface area contributed by atoms with Gasteiger partial charge < -0.3 is 4.74 Å². The van der Waals surface area contributed by atoms with Crippen LogP contribution >= 0.6 is 0 Å². The van der Waals surface area contributed by atoms with Crippen molar-refractivity contribution in [3.63, 3.8) is 0 Å². The minimum absolute atomic E-state index is 0.326. The number of nitrogens with zero attached hydrogens (tertiary/aromatic N) is 2. The maximum atomic E-state index is 5.36. The lowest BCUT2D eigenvalue weighted by atomic mass is 9.97. The molecule has 0 fully saturated rings. The number of benzene rings is 2. The Morgan fingerprint density at radius 1 is 0.929 bits per heavy atom. The van der Waals surface area contributed by atoms with Crippen LogP contribution in [0, 0.1) is 0 Å². The Labute approximate surface area is 167 Å². The van der Waals surface area contributed by atoms with Crippen molar-refractivity contribution in [3.05, 3.63) is 90.3 Å². The van der Waals surface area contributed by atoms with Gasteiger partial charge in [0, 0.05) is 37.1 Å². The van der Waals surface area contributed by atoms with E-state index in [4.69, 9.17) is 4.74 Å². The Morgan fingerprint density at radius 2 is 1.75 bits per heavy atom. The Balaban J connectivity index is 1.51. The van der Waals surface area contributed by atoms with Gasteiger partial charge in [-0.1, -0.05) is 48.5 Å². The minimum atomic E-state index is 0.326. The molecule has 0 amide bonds. The fourth-order valence-corrected chi connectivity index (χ4v) is 3.81. The predicted molar refractivity (Wildman–Crippen MR) is 115 cm³/mol. The summed E-state index contributed by atoms with van der Waals surface area (Å²) >= 11 is 0. The molecule has 0 aliphatic carbocycles. The zero-order chi connectivity index (χ0) is 19.3. The first-order valence-electron chi connectivity index (χ1n) is 9.82. The molecule has 0 saturated carbocycles. The molecule has 0 bridgehead atoms. The summed E-state index contributed by atoms with van der Waals surface area (Å²) in [5.41, 5.74) is 6.30. The highest BCUT2D eigenvalue weighted by Crippen LogP contribution is 2.30. The van der Waals surface area contributed by atoms with Gasteiger partial charge in [0.2, 0.25) is 0 Å². The first kappa shape index (κ1) is 18.5. The molecular weight excluding hydrogens is 344 g/mol. The monoisotopic (exact) mass is 370 g/mol. The van der Waals surface area contributed by atoms with Crippen molar-refractivity contribution in [2.45, 2.75) is 19.4 Å². The molecule has 0 radical (unpaired) electrons. The SMILES string of the molecule is COc1cccc(-c2cncc(C(C)N3CC=C(c4ccccc4)CC3)c2)c1. The molecule has 3 nitrogen and oxygen atoms in total. The van der Waals surface area contributed by atoms with Crippen molar-refractivity contribution >= 4 is 5.57 Å². The number of hydrogen-bond acceptors (Lipinski definition) is 3. The Hall–Kier alpha value is -2.91. The molecular formula is C25H26N2O. The van der Waals surface area contributed by atoms with Crippen LogP contribution in [0.1, 0.15) is 30.5 Å². The van der Waals surface area contributed by atoms with Crippen LogP contribution in [0.2, 0.25) is 0 Å². The summed E-state index contributed by atoms with van der Waals surface area (Å²) in [4.78, 5) is 7.02. The van der Waals surface area contributed by atoms with Crippen LogP contribution in [-0.2, 0) is 0 Å². The molecule has 4 rings (SSSR count). The van der Waals surface area contributed by atoms with E-state index in [9.17, 15) is 0 Å². The summed E-state index contributed by atoms with van der Waals surface area (Å²) in [6.07, 6.45) is 7.37. The van der Waals surface area contributed by atoms with Crippen LogP contribution in [0.3, 0.4) is 0 Å². The fourth-order valence-electron chi connectivity index (χ4n) is 3.81. The molecule has 2 heterocycles. The van der Waals surface area contributed by atoms with Gasteiger partial charge in [0.15, 0.2) is 0 Å². The van der Waals surface area contributed by atoms with Gasteiger partial charge >= 0.3 is 0 Å². The van der Waals surface area contributed by atoms with Crippen molar-refractivity contribution in [2.24, 2.45) is 0 Å². The zero-order valence-electron chi connectivity index (χ0n) is 16.5.